The third kappa shape index (κ3) is 5.43. The monoisotopic (exact) mass is 357 g/mol. The molecule has 0 aliphatic heterocycles. The summed E-state index contributed by atoms with van der Waals surface area (Å²) in [6.45, 7) is 6.08. The van der Waals surface area contributed by atoms with Gasteiger partial charge < -0.3 is 5.32 Å². The average molecular weight is 358 g/mol. The first-order valence-electron chi connectivity index (χ1n) is 7.87. The van der Waals surface area contributed by atoms with Crippen molar-refractivity contribution in [3.05, 3.63) is 64.2 Å². The van der Waals surface area contributed by atoms with Crippen molar-refractivity contribution in [3.63, 3.8) is 0 Å². The van der Waals surface area contributed by atoms with Gasteiger partial charge in [-0.05, 0) is 41.7 Å². The van der Waals surface area contributed by atoms with E-state index in [2.05, 4.69) is 29.7 Å². The predicted octanol–water partition coefficient (Wildman–Crippen LogP) is 3.86. The first-order valence-corrected chi connectivity index (χ1v) is 8.25. The van der Waals surface area contributed by atoms with Crippen molar-refractivity contribution in [1.82, 2.24) is 5.43 Å². The van der Waals surface area contributed by atoms with E-state index in [0.29, 0.717) is 16.6 Å². The Balaban J connectivity index is 1.90. The normalized spacial score (nSPS) is 10.9. The smallest absolute Gasteiger partial charge is 0.318 e. The van der Waals surface area contributed by atoms with E-state index in [9.17, 15) is 9.59 Å². The molecule has 0 saturated carbocycles. The summed E-state index contributed by atoms with van der Waals surface area (Å²) in [5.41, 5.74) is 5.58. The number of nitrogens with one attached hydrogen (secondary N) is 2. The highest BCUT2D eigenvalue weighted by atomic mass is 35.5. The van der Waals surface area contributed by atoms with Crippen LogP contribution in [0.2, 0.25) is 5.02 Å². The number of hydrogen-bond donors (Lipinski definition) is 2. The van der Waals surface area contributed by atoms with E-state index in [1.54, 1.807) is 18.2 Å². The van der Waals surface area contributed by atoms with Crippen molar-refractivity contribution in [2.45, 2.75) is 26.7 Å². The van der Waals surface area contributed by atoms with Gasteiger partial charge in [0.1, 0.15) is 0 Å². The van der Waals surface area contributed by atoms with Gasteiger partial charge in [-0.25, -0.2) is 5.43 Å². The molecule has 2 amide bonds. The lowest BCUT2D eigenvalue weighted by molar-refractivity contribution is -0.136. The Morgan fingerprint density at radius 3 is 2.36 bits per heavy atom. The largest absolute Gasteiger partial charge is 0.329 e. The van der Waals surface area contributed by atoms with Crippen LogP contribution in [0.5, 0.6) is 0 Å². The SMILES string of the molecule is Cc1ccc(NC(=O)C(=O)N/N=C\c2ccc(C(C)C)cc2)cc1Cl. The zero-order valence-electron chi connectivity index (χ0n) is 14.3. The molecule has 130 valence electrons. The Morgan fingerprint density at radius 1 is 1.08 bits per heavy atom. The number of amides is 2. The zero-order valence-corrected chi connectivity index (χ0v) is 15.1. The number of carbonyl (C=O) groups excluding carboxylic acids is 2. The molecule has 2 aromatic rings. The van der Waals surface area contributed by atoms with Crippen LogP contribution in [0.25, 0.3) is 0 Å². The standard InChI is InChI=1S/C19H20ClN3O2/c1-12(2)15-7-5-14(6-8-15)11-21-23-19(25)18(24)22-16-9-4-13(3)17(20)10-16/h4-12H,1-3H3,(H,22,24)(H,23,25)/b21-11-. The van der Waals surface area contributed by atoms with E-state index in [-0.39, 0.29) is 0 Å². The molecule has 2 rings (SSSR count). The molecule has 25 heavy (non-hydrogen) atoms. The lowest BCUT2D eigenvalue weighted by Gasteiger charge is -2.06. The van der Waals surface area contributed by atoms with Crippen molar-refractivity contribution >= 4 is 35.3 Å². The minimum atomic E-state index is -0.855. The van der Waals surface area contributed by atoms with E-state index in [1.807, 2.05) is 31.2 Å². The maximum atomic E-state index is 11.8. The third-order valence-corrected chi connectivity index (χ3v) is 4.03. The predicted molar refractivity (Wildman–Crippen MR) is 101 cm³/mol. The van der Waals surface area contributed by atoms with Crippen molar-refractivity contribution in [1.29, 1.82) is 0 Å². The van der Waals surface area contributed by atoms with E-state index in [0.717, 1.165) is 11.1 Å². The average Bonchev–Trinajstić information content (AvgIpc) is 2.58. The number of halogens is 1. The Morgan fingerprint density at radius 2 is 1.76 bits per heavy atom. The van der Waals surface area contributed by atoms with Gasteiger partial charge in [-0.2, -0.15) is 5.10 Å². The quantitative estimate of drug-likeness (QED) is 0.495. The first kappa shape index (κ1) is 18.7. The molecule has 0 unspecified atom stereocenters. The Labute approximate surface area is 152 Å². The molecule has 0 aromatic heterocycles. The summed E-state index contributed by atoms with van der Waals surface area (Å²) in [5, 5.41) is 6.78. The lowest BCUT2D eigenvalue weighted by Crippen LogP contribution is -2.32. The van der Waals surface area contributed by atoms with Crippen LogP contribution >= 0.6 is 11.6 Å². The van der Waals surface area contributed by atoms with Crippen molar-refractivity contribution in [2.24, 2.45) is 5.10 Å². The molecule has 0 atom stereocenters. The molecule has 6 heteroatoms. The van der Waals surface area contributed by atoms with Gasteiger partial charge in [0.2, 0.25) is 0 Å². The molecule has 2 N–H and O–H groups in total. The number of aryl methyl sites for hydroxylation is 1. The minimum absolute atomic E-state index is 0.448. The number of anilines is 1. The fourth-order valence-electron chi connectivity index (χ4n) is 2.04. The minimum Gasteiger partial charge on any atom is -0.318 e. The van der Waals surface area contributed by atoms with Crippen LogP contribution in [0.1, 0.15) is 36.5 Å². The summed E-state index contributed by atoms with van der Waals surface area (Å²) in [6, 6.07) is 12.8. The molecule has 0 heterocycles. The number of nitrogens with zero attached hydrogens (tertiary/aromatic N) is 1. The lowest BCUT2D eigenvalue weighted by atomic mass is 10.0. The van der Waals surface area contributed by atoms with Crippen LogP contribution in [0.3, 0.4) is 0 Å². The topological polar surface area (TPSA) is 70.6 Å². The fourth-order valence-corrected chi connectivity index (χ4v) is 2.22. The van der Waals surface area contributed by atoms with Crippen LogP contribution in [0, 0.1) is 6.92 Å². The molecular weight excluding hydrogens is 338 g/mol. The molecule has 0 aliphatic rings. The summed E-state index contributed by atoms with van der Waals surface area (Å²) in [5.74, 6) is -1.22. The Kier molecular flexibility index (Phi) is 6.31. The van der Waals surface area contributed by atoms with E-state index < -0.39 is 11.8 Å². The highest BCUT2D eigenvalue weighted by Crippen LogP contribution is 2.19. The van der Waals surface area contributed by atoms with Gasteiger partial charge in [-0.3, -0.25) is 9.59 Å². The van der Waals surface area contributed by atoms with E-state index >= 15 is 0 Å². The van der Waals surface area contributed by atoms with E-state index in [4.69, 9.17) is 11.6 Å². The second-order valence-corrected chi connectivity index (χ2v) is 6.35. The number of hydrazone groups is 1. The maximum Gasteiger partial charge on any atom is 0.329 e. The summed E-state index contributed by atoms with van der Waals surface area (Å²) in [4.78, 5) is 23.6. The van der Waals surface area contributed by atoms with Gasteiger partial charge in [0.15, 0.2) is 0 Å². The van der Waals surface area contributed by atoms with Crippen LogP contribution in [0.15, 0.2) is 47.6 Å². The zero-order chi connectivity index (χ0) is 18.4. The van der Waals surface area contributed by atoms with Crippen molar-refractivity contribution in [3.8, 4) is 0 Å². The fraction of sp³-hybridized carbons (Fsp3) is 0.211. The van der Waals surface area contributed by atoms with Crippen LogP contribution in [-0.4, -0.2) is 18.0 Å². The van der Waals surface area contributed by atoms with Crippen molar-refractivity contribution in [2.75, 3.05) is 5.32 Å². The van der Waals surface area contributed by atoms with Crippen LogP contribution in [-0.2, 0) is 9.59 Å². The molecule has 2 aromatic carbocycles. The molecule has 0 fully saturated rings. The van der Waals surface area contributed by atoms with Crippen molar-refractivity contribution < 1.29 is 9.59 Å². The summed E-state index contributed by atoms with van der Waals surface area (Å²) in [6.07, 6.45) is 1.48. The van der Waals surface area contributed by atoms with Gasteiger partial charge in [0, 0.05) is 10.7 Å². The van der Waals surface area contributed by atoms with Gasteiger partial charge in [0.05, 0.1) is 6.21 Å². The Bertz CT molecular complexity index is 799. The molecular formula is C19H20ClN3O2. The van der Waals surface area contributed by atoms with Gasteiger partial charge in [-0.15, -0.1) is 0 Å². The molecule has 0 radical (unpaired) electrons. The molecule has 0 aliphatic carbocycles. The summed E-state index contributed by atoms with van der Waals surface area (Å²) < 4.78 is 0. The number of carbonyl (C=O) groups is 2. The van der Waals surface area contributed by atoms with Crippen LogP contribution in [0.4, 0.5) is 5.69 Å². The second-order valence-electron chi connectivity index (χ2n) is 5.94. The van der Waals surface area contributed by atoms with Gasteiger partial charge >= 0.3 is 11.8 Å². The summed E-state index contributed by atoms with van der Waals surface area (Å²) >= 11 is 5.98. The van der Waals surface area contributed by atoms with Crippen LogP contribution < -0.4 is 10.7 Å². The molecule has 5 nitrogen and oxygen atoms in total. The highest BCUT2D eigenvalue weighted by molar-refractivity contribution is 6.39. The van der Waals surface area contributed by atoms with Gasteiger partial charge in [-0.1, -0.05) is 55.8 Å². The summed E-state index contributed by atoms with van der Waals surface area (Å²) in [7, 11) is 0. The van der Waals surface area contributed by atoms with E-state index in [1.165, 1.54) is 11.8 Å². The highest BCUT2D eigenvalue weighted by Gasteiger charge is 2.13. The Hall–Kier alpha value is -2.66. The third-order valence-electron chi connectivity index (χ3n) is 3.62. The molecule has 0 saturated heterocycles. The second kappa shape index (κ2) is 8.44. The first-order chi connectivity index (χ1) is 11.9. The molecule has 0 spiro atoms. The number of hydrogen-bond acceptors (Lipinski definition) is 3. The van der Waals surface area contributed by atoms with Gasteiger partial charge in [0.25, 0.3) is 0 Å². The molecule has 0 bridgehead atoms. The maximum absolute atomic E-state index is 11.8. The number of benzene rings is 2. The number of rotatable bonds is 4.